The molecule has 0 bridgehead atoms. The Morgan fingerprint density at radius 1 is 1.04 bits per heavy atom. The molecule has 0 unspecified atom stereocenters. The molecule has 0 aliphatic carbocycles. The fourth-order valence-electron chi connectivity index (χ4n) is 2.89. The topological polar surface area (TPSA) is 66.9 Å². The third-order valence-corrected chi connectivity index (χ3v) is 4.19. The van der Waals surface area contributed by atoms with Crippen molar-refractivity contribution in [1.82, 2.24) is 9.78 Å². The van der Waals surface area contributed by atoms with E-state index in [9.17, 15) is 9.59 Å². The number of H-pyrrole nitrogens is 1. The van der Waals surface area contributed by atoms with E-state index in [1.54, 1.807) is 30.3 Å². The van der Waals surface area contributed by atoms with Crippen LogP contribution in [0.4, 0.5) is 5.69 Å². The molecule has 3 aromatic rings. The predicted octanol–water partition coefficient (Wildman–Crippen LogP) is 1.38. The number of amides is 1. The summed E-state index contributed by atoms with van der Waals surface area (Å²) < 4.78 is 1.38. The maximum atomic E-state index is 12.9. The highest BCUT2D eigenvalue weighted by Gasteiger charge is 2.27. The van der Waals surface area contributed by atoms with Crippen molar-refractivity contribution in [2.24, 2.45) is 0 Å². The highest BCUT2D eigenvalue weighted by Crippen LogP contribution is 2.31. The average Bonchev–Trinajstić information content (AvgIpc) is 3.04. The Morgan fingerprint density at radius 2 is 1.79 bits per heavy atom. The van der Waals surface area contributed by atoms with Gasteiger partial charge in [0.2, 0.25) is 0 Å². The monoisotopic (exact) mass is 337 g/mol. The van der Waals surface area contributed by atoms with E-state index in [2.05, 4.69) is 17.0 Å². The van der Waals surface area contributed by atoms with Gasteiger partial charge in [0.15, 0.2) is 0 Å². The van der Waals surface area contributed by atoms with Crippen LogP contribution in [-0.2, 0) is 4.79 Å². The van der Waals surface area contributed by atoms with Crippen molar-refractivity contribution >= 4 is 35.3 Å². The fourth-order valence-corrected chi connectivity index (χ4v) is 3.06. The van der Waals surface area contributed by atoms with Crippen LogP contribution in [0.3, 0.4) is 0 Å². The number of anilines is 1. The third kappa shape index (κ3) is 2.10. The van der Waals surface area contributed by atoms with E-state index >= 15 is 0 Å². The molecule has 2 N–H and O–H groups in total. The zero-order chi connectivity index (χ0) is 16.8. The molecule has 4 rings (SSSR count). The Kier molecular flexibility index (Phi) is 3.18. The normalized spacial score (nSPS) is 15.3. The minimum Gasteiger partial charge on any atom is -0.321 e. The number of aromatic amines is 1. The quantitative estimate of drug-likeness (QED) is 0.704. The zero-order valence-electron chi connectivity index (χ0n) is 12.5. The van der Waals surface area contributed by atoms with E-state index in [-0.39, 0.29) is 22.3 Å². The number of para-hydroxylation sites is 1. The molecule has 0 saturated carbocycles. The fraction of sp³-hybridized carbons (Fsp3) is 0. The summed E-state index contributed by atoms with van der Waals surface area (Å²) in [6, 6.07) is 14.2. The first-order valence-corrected chi connectivity index (χ1v) is 7.65. The Balaban J connectivity index is 2.09. The SMILES string of the molecule is C=c1[nH]n(-c2ccccc2)c(=O)c1=C1C(=O)Nc2ccc(Cl)cc21. The van der Waals surface area contributed by atoms with Gasteiger partial charge >= 0.3 is 0 Å². The summed E-state index contributed by atoms with van der Waals surface area (Å²) in [5.41, 5.74) is 1.86. The standard InChI is InChI=1S/C18H12ClN3O2/c1-10-15(18(24)22(21-10)12-5-3-2-4-6-12)16-13-9-11(19)7-8-14(13)20-17(16)23/h2-9,21H,1H2,(H,20,23). The molecule has 2 aromatic carbocycles. The predicted molar refractivity (Wildman–Crippen MR) is 93.8 cm³/mol. The molecule has 0 saturated heterocycles. The highest BCUT2D eigenvalue weighted by atomic mass is 35.5. The molecule has 1 aliphatic heterocycles. The molecular formula is C18H12ClN3O2. The van der Waals surface area contributed by atoms with Gasteiger partial charge in [0.05, 0.1) is 21.8 Å². The second-order valence-corrected chi connectivity index (χ2v) is 5.90. The number of halogens is 1. The number of nitrogens with zero attached hydrogens (tertiary/aromatic N) is 1. The lowest BCUT2D eigenvalue weighted by molar-refractivity contribution is -0.110. The number of fused-ring (bicyclic) bond motifs is 1. The molecule has 0 fully saturated rings. The van der Waals surface area contributed by atoms with Gasteiger partial charge in [-0.15, -0.1) is 0 Å². The first-order valence-electron chi connectivity index (χ1n) is 7.27. The lowest BCUT2D eigenvalue weighted by atomic mass is 10.1. The Labute approximate surface area is 141 Å². The largest absolute Gasteiger partial charge is 0.321 e. The molecular weight excluding hydrogens is 326 g/mol. The van der Waals surface area contributed by atoms with Crippen LogP contribution in [0.5, 0.6) is 0 Å². The van der Waals surface area contributed by atoms with Crippen LogP contribution in [0.25, 0.3) is 17.8 Å². The van der Waals surface area contributed by atoms with Gasteiger partial charge in [-0.3, -0.25) is 14.7 Å². The smallest absolute Gasteiger partial charge is 0.279 e. The van der Waals surface area contributed by atoms with Crippen molar-refractivity contribution in [3.8, 4) is 5.69 Å². The van der Waals surface area contributed by atoms with Crippen molar-refractivity contribution in [2.45, 2.75) is 0 Å². The van der Waals surface area contributed by atoms with E-state index in [1.807, 2.05) is 18.2 Å². The summed E-state index contributed by atoms with van der Waals surface area (Å²) in [7, 11) is 0. The van der Waals surface area contributed by atoms with Gasteiger partial charge in [-0.1, -0.05) is 36.4 Å². The van der Waals surface area contributed by atoms with Gasteiger partial charge < -0.3 is 5.32 Å². The number of nitrogens with one attached hydrogen (secondary N) is 2. The molecule has 1 aromatic heterocycles. The third-order valence-electron chi connectivity index (χ3n) is 3.96. The molecule has 5 nitrogen and oxygen atoms in total. The first kappa shape index (κ1) is 14.5. The summed E-state index contributed by atoms with van der Waals surface area (Å²) in [5, 5.41) is 6.80. The summed E-state index contributed by atoms with van der Waals surface area (Å²) in [4.78, 5) is 25.3. The van der Waals surface area contributed by atoms with Crippen molar-refractivity contribution in [3.63, 3.8) is 0 Å². The van der Waals surface area contributed by atoms with Crippen LogP contribution >= 0.6 is 11.6 Å². The molecule has 0 atom stereocenters. The highest BCUT2D eigenvalue weighted by molar-refractivity contribution is 6.34. The lowest BCUT2D eigenvalue weighted by Crippen LogP contribution is -2.38. The summed E-state index contributed by atoms with van der Waals surface area (Å²) in [6.07, 6.45) is 0. The maximum Gasteiger partial charge on any atom is 0.279 e. The van der Waals surface area contributed by atoms with Gasteiger partial charge in [-0.05, 0) is 30.3 Å². The van der Waals surface area contributed by atoms with Crippen LogP contribution < -0.4 is 21.4 Å². The van der Waals surface area contributed by atoms with Crippen LogP contribution in [-0.4, -0.2) is 15.7 Å². The van der Waals surface area contributed by atoms with Crippen molar-refractivity contribution < 1.29 is 4.79 Å². The number of carbonyl (C=O) groups excluding carboxylic acids is 1. The van der Waals surface area contributed by atoms with Gasteiger partial charge in [-0.25, -0.2) is 4.68 Å². The number of carbonyl (C=O) groups is 1. The zero-order valence-corrected chi connectivity index (χ0v) is 13.2. The van der Waals surface area contributed by atoms with Gasteiger partial charge in [-0.2, -0.15) is 0 Å². The summed E-state index contributed by atoms with van der Waals surface area (Å²) >= 11 is 6.05. The van der Waals surface area contributed by atoms with Crippen molar-refractivity contribution in [3.05, 3.63) is 80.0 Å². The molecule has 2 heterocycles. The van der Waals surface area contributed by atoms with Gasteiger partial charge in [0.1, 0.15) is 0 Å². The molecule has 1 amide bonds. The van der Waals surface area contributed by atoms with E-state index < -0.39 is 0 Å². The number of hydrogen-bond acceptors (Lipinski definition) is 2. The molecule has 24 heavy (non-hydrogen) atoms. The number of aromatic nitrogens is 2. The number of rotatable bonds is 1. The van der Waals surface area contributed by atoms with Crippen LogP contribution in [0, 0.1) is 0 Å². The summed E-state index contributed by atoms with van der Waals surface area (Å²) in [5.74, 6) is -0.339. The minimum absolute atomic E-state index is 0.248. The second-order valence-electron chi connectivity index (χ2n) is 5.46. The Bertz CT molecular complexity index is 1140. The second kappa shape index (κ2) is 5.25. The molecule has 6 heteroatoms. The lowest BCUT2D eigenvalue weighted by Gasteiger charge is -1.99. The van der Waals surface area contributed by atoms with Crippen LogP contribution in [0.1, 0.15) is 5.56 Å². The van der Waals surface area contributed by atoms with Gasteiger partial charge in [0.25, 0.3) is 11.5 Å². The average molecular weight is 338 g/mol. The molecule has 0 radical (unpaired) electrons. The molecule has 0 spiro atoms. The maximum absolute atomic E-state index is 12.9. The van der Waals surface area contributed by atoms with Crippen LogP contribution in [0.2, 0.25) is 5.02 Å². The van der Waals surface area contributed by atoms with Gasteiger partial charge in [0, 0.05) is 16.3 Å². The number of hydrogen-bond donors (Lipinski definition) is 2. The Hall–Kier alpha value is -3.05. The summed E-state index contributed by atoms with van der Waals surface area (Å²) in [6.45, 7) is 3.89. The van der Waals surface area contributed by atoms with E-state index in [1.165, 1.54) is 4.68 Å². The van der Waals surface area contributed by atoms with E-state index in [0.717, 1.165) is 0 Å². The number of benzene rings is 2. The molecule has 118 valence electrons. The van der Waals surface area contributed by atoms with Crippen LogP contribution in [0.15, 0.2) is 53.3 Å². The molecule has 1 aliphatic rings. The van der Waals surface area contributed by atoms with Crippen molar-refractivity contribution in [1.29, 1.82) is 0 Å². The first-order chi connectivity index (χ1) is 11.6. The Morgan fingerprint density at radius 3 is 2.54 bits per heavy atom. The van der Waals surface area contributed by atoms with E-state index in [4.69, 9.17) is 11.6 Å². The van der Waals surface area contributed by atoms with Crippen molar-refractivity contribution in [2.75, 3.05) is 5.32 Å². The minimum atomic E-state index is -0.339. The van der Waals surface area contributed by atoms with E-state index in [0.29, 0.717) is 27.3 Å².